The molecule has 1 amide bonds. The Labute approximate surface area is 141 Å². The van der Waals surface area contributed by atoms with E-state index >= 15 is 0 Å². The van der Waals surface area contributed by atoms with Gasteiger partial charge in [0.1, 0.15) is 17.1 Å². The third-order valence-corrected chi connectivity index (χ3v) is 4.52. The van der Waals surface area contributed by atoms with Gasteiger partial charge in [-0.25, -0.2) is 0 Å². The Balaban J connectivity index is 2.14. The second kappa shape index (κ2) is 6.53. The molecule has 0 bridgehead atoms. The first-order valence-corrected chi connectivity index (χ1v) is 7.88. The Hall–Kier alpha value is -2.53. The van der Waals surface area contributed by atoms with Crippen LogP contribution < -0.4 is 14.8 Å². The molecule has 0 aromatic heterocycles. The minimum Gasteiger partial charge on any atom is -0.497 e. The van der Waals surface area contributed by atoms with Crippen molar-refractivity contribution in [1.82, 2.24) is 5.32 Å². The number of carbonyl (C=O) groups is 1. The maximum atomic E-state index is 11.7. The van der Waals surface area contributed by atoms with Crippen LogP contribution in [0.2, 0.25) is 0 Å². The van der Waals surface area contributed by atoms with Gasteiger partial charge in [0.15, 0.2) is 0 Å². The van der Waals surface area contributed by atoms with Gasteiger partial charge in [-0.15, -0.1) is 0 Å². The molecule has 1 fully saturated rings. The predicted octanol–water partition coefficient (Wildman–Crippen LogP) is 2.22. The third kappa shape index (κ3) is 2.83. The Morgan fingerprint density at radius 2 is 1.58 bits per heavy atom. The molecule has 1 atom stereocenters. The molecular weight excluding hydrogens is 306 g/mol. The van der Waals surface area contributed by atoms with Gasteiger partial charge in [-0.3, -0.25) is 4.79 Å². The van der Waals surface area contributed by atoms with Crippen LogP contribution in [0, 0.1) is 0 Å². The molecule has 2 aromatic carbocycles. The van der Waals surface area contributed by atoms with Crippen LogP contribution in [0.3, 0.4) is 0 Å². The molecule has 0 spiro atoms. The quantitative estimate of drug-likeness (QED) is 0.884. The van der Waals surface area contributed by atoms with Crippen molar-refractivity contribution >= 4 is 5.91 Å². The fraction of sp³-hybridized carbons (Fsp3) is 0.316. The van der Waals surface area contributed by atoms with E-state index < -0.39 is 11.6 Å². The summed E-state index contributed by atoms with van der Waals surface area (Å²) in [6.07, 6.45) is 0.963. The number of aliphatic hydroxyl groups is 1. The SMILES string of the molecule is COc1cccc(C(O)(c2cccc(OC)c2)[C@H]2CCC(=O)N2)c1. The molecule has 2 aromatic rings. The summed E-state index contributed by atoms with van der Waals surface area (Å²) < 4.78 is 10.6. The van der Waals surface area contributed by atoms with Crippen LogP contribution in [-0.2, 0) is 10.4 Å². The molecule has 2 N–H and O–H groups in total. The van der Waals surface area contributed by atoms with Gasteiger partial charge in [0.25, 0.3) is 0 Å². The number of ether oxygens (including phenoxy) is 2. The minimum absolute atomic E-state index is 0.0517. The zero-order valence-electron chi connectivity index (χ0n) is 13.8. The van der Waals surface area contributed by atoms with Gasteiger partial charge in [0, 0.05) is 6.42 Å². The number of rotatable bonds is 5. The summed E-state index contributed by atoms with van der Waals surface area (Å²) in [5.41, 5.74) is -0.0282. The van der Waals surface area contributed by atoms with E-state index in [1.54, 1.807) is 26.4 Å². The molecule has 5 nitrogen and oxygen atoms in total. The van der Waals surface area contributed by atoms with Crippen LogP contribution in [0.4, 0.5) is 0 Å². The van der Waals surface area contributed by atoms with Crippen molar-refractivity contribution < 1.29 is 19.4 Å². The van der Waals surface area contributed by atoms with Crippen LogP contribution in [0.1, 0.15) is 24.0 Å². The molecule has 0 aliphatic carbocycles. The minimum atomic E-state index is -1.37. The molecule has 1 aliphatic rings. The molecule has 3 rings (SSSR count). The molecule has 1 heterocycles. The van der Waals surface area contributed by atoms with E-state index in [0.29, 0.717) is 35.5 Å². The van der Waals surface area contributed by atoms with Crippen molar-refractivity contribution in [3.8, 4) is 11.5 Å². The van der Waals surface area contributed by atoms with Crippen molar-refractivity contribution in [2.75, 3.05) is 14.2 Å². The standard InChI is InChI=1S/C19H21NO4/c1-23-15-7-3-5-13(11-15)19(22,17-9-10-18(21)20-17)14-6-4-8-16(12-14)24-2/h3-8,11-12,17,22H,9-10H2,1-2H3,(H,20,21)/t17-/m1/s1. The van der Waals surface area contributed by atoms with Gasteiger partial charge in [-0.05, 0) is 41.8 Å². The van der Waals surface area contributed by atoms with Gasteiger partial charge in [-0.2, -0.15) is 0 Å². The Morgan fingerprint density at radius 1 is 1.04 bits per heavy atom. The highest BCUT2D eigenvalue weighted by atomic mass is 16.5. The smallest absolute Gasteiger partial charge is 0.220 e. The molecule has 0 radical (unpaired) electrons. The molecule has 0 unspecified atom stereocenters. The van der Waals surface area contributed by atoms with Gasteiger partial charge in [0.2, 0.25) is 5.91 Å². The zero-order chi connectivity index (χ0) is 17.2. The molecule has 0 saturated carbocycles. The molecule has 5 heteroatoms. The van der Waals surface area contributed by atoms with Crippen molar-refractivity contribution in [2.45, 2.75) is 24.5 Å². The topological polar surface area (TPSA) is 67.8 Å². The van der Waals surface area contributed by atoms with Crippen LogP contribution >= 0.6 is 0 Å². The van der Waals surface area contributed by atoms with Gasteiger partial charge in [-0.1, -0.05) is 24.3 Å². The Morgan fingerprint density at radius 3 is 2.00 bits per heavy atom. The van der Waals surface area contributed by atoms with Crippen LogP contribution in [-0.4, -0.2) is 31.3 Å². The maximum Gasteiger partial charge on any atom is 0.220 e. The molecule has 24 heavy (non-hydrogen) atoms. The van der Waals surface area contributed by atoms with E-state index in [-0.39, 0.29) is 5.91 Å². The lowest BCUT2D eigenvalue weighted by atomic mass is 9.79. The number of amides is 1. The predicted molar refractivity (Wildman–Crippen MR) is 90.2 cm³/mol. The summed E-state index contributed by atoms with van der Waals surface area (Å²) in [5, 5.41) is 14.6. The monoisotopic (exact) mass is 327 g/mol. The first kappa shape index (κ1) is 16.3. The average molecular weight is 327 g/mol. The van der Waals surface area contributed by atoms with E-state index in [4.69, 9.17) is 9.47 Å². The maximum absolute atomic E-state index is 11.7. The summed E-state index contributed by atoms with van der Waals surface area (Å²) in [7, 11) is 3.17. The van der Waals surface area contributed by atoms with Crippen molar-refractivity contribution in [1.29, 1.82) is 0 Å². The fourth-order valence-corrected chi connectivity index (χ4v) is 3.22. The van der Waals surface area contributed by atoms with Gasteiger partial charge < -0.3 is 19.9 Å². The lowest BCUT2D eigenvalue weighted by molar-refractivity contribution is -0.120. The van der Waals surface area contributed by atoms with Crippen LogP contribution in [0.25, 0.3) is 0 Å². The number of benzene rings is 2. The van der Waals surface area contributed by atoms with E-state index in [0.717, 1.165) is 0 Å². The Kier molecular flexibility index (Phi) is 4.44. The number of hydrogen-bond donors (Lipinski definition) is 2. The van der Waals surface area contributed by atoms with E-state index in [1.807, 2.05) is 36.4 Å². The van der Waals surface area contributed by atoms with Crippen molar-refractivity contribution in [3.63, 3.8) is 0 Å². The van der Waals surface area contributed by atoms with Crippen LogP contribution in [0.15, 0.2) is 48.5 Å². The number of carbonyl (C=O) groups excluding carboxylic acids is 1. The van der Waals surface area contributed by atoms with E-state index in [2.05, 4.69) is 5.32 Å². The third-order valence-electron chi connectivity index (χ3n) is 4.52. The summed E-state index contributed by atoms with van der Waals surface area (Å²) in [6.45, 7) is 0. The largest absolute Gasteiger partial charge is 0.497 e. The highest BCUT2D eigenvalue weighted by molar-refractivity contribution is 5.79. The van der Waals surface area contributed by atoms with Crippen molar-refractivity contribution in [3.05, 3.63) is 59.7 Å². The summed E-state index contributed by atoms with van der Waals surface area (Å²) in [5.74, 6) is 1.25. The number of hydrogen-bond acceptors (Lipinski definition) is 4. The van der Waals surface area contributed by atoms with Gasteiger partial charge in [0.05, 0.1) is 20.3 Å². The summed E-state index contributed by atoms with van der Waals surface area (Å²) in [4.78, 5) is 11.7. The lowest BCUT2D eigenvalue weighted by Crippen LogP contribution is -2.47. The first-order chi connectivity index (χ1) is 11.6. The molecule has 1 saturated heterocycles. The fourth-order valence-electron chi connectivity index (χ4n) is 3.22. The summed E-state index contributed by atoms with van der Waals surface area (Å²) >= 11 is 0. The summed E-state index contributed by atoms with van der Waals surface area (Å²) in [6, 6.07) is 14.2. The average Bonchev–Trinajstić information content (AvgIpc) is 3.08. The normalized spacial score (nSPS) is 17.5. The van der Waals surface area contributed by atoms with E-state index in [9.17, 15) is 9.90 Å². The zero-order valence-corrected chi connectivity index (χ0v) is 13.8. The Bertz CT molecular complexity index is 696. The lowest BCUT2D eigenvalue weighted by Gasteiger charge is -2.35. The molecule has 126 valence electrons. The highest BCUT2D eigenvalue weighted by Crippen LogP contribution is 2.39. The number of nitrogens with one attached hydrogen (secondary N) is 1. The van der Waals surface area contributed by atoms with Crippen LogP contribution in [0.5, 0.6) is 11.5 Å². The van der Waals surface area contributed by atoms with Gasteiger partial charge >= 0.3 is 0 Å². The molecule has 1 aliphatic heterocycles. The van der Waals surface area contributed by atoms with Crippen molar-refractivity contribution in [2.24, 2.45) is 0 Å². The first-order valence-electron chi connectivity index (χ1n) is 7.88. The molecular formula is C19H21NO4. The number of methoxy groups -OCH3 is 2. The second-order valence-electron chi connectivity index (χ2n) is 5.89. The second-order valence-corrected chi connectivity index (χ2v) is 5.89. The highest BCUT2D eigenvalue weighted by Gasteiger charge is 2.44. The van der Waals surface area contributed by atoms with E-state index in [1.165, 1.54) is 0 Å².